The van der Waals surface area contributed by atoms with Crippen LogP contribution < -0.4 is 41.4 Å². The SMILES string of the molecule is C/C=C\C1=C(/C=C/C)N(C2=CC[I-]C=C2)c2cc(N(C(/C=C\C)=C/CC)C(/C=C\C)=C/CC)cc3c2B1C(/C=C\C)=C(/C=C/C)N3C(/C=C\C)=C/C=C/C. The monoisotopic (exact) mass is 828 g/mol. The van der Waals surface area contributed by atoms with Crippen LogP contribution in [0.1, 0.15) is 82.1 Å². The third-order valence-corrected chi connectivity index (χ3v) is 11.0. The Morgan fingerprint density at radius 1 is 0.704 bits per heavy atom. The maximum absolute atomic E-state index is 2.54. The first-order valence-electron chi connectivity index (χ1n) is 19.6. The molecule has 3 aliphatic heterocycles. The number of hydrogen-bond acceptors (Lipinski definition) is 3. The number of halogens is 1. The van der Waals surface area contributed by atoms with Gasteiger partial charge < -0.3 is 0 Å². The number of anilines is 3. The van der Waals surface area contributed by atoms with Crippen LogP contribution in [0.4, 0.5) is 17.1 Å². The summed E-state index contributed by atoms with van der Waals surface area (Å²) in [6.45, 7) is 21.4. The molecular formula is C49H60BIN3-. The smallest absolute Gasteiger partial charge is 0.0467 e. The first-order valence-corrected chi connectivity index (χ1v) is 22.3. The van der Waals surface area contributed by atoms with Crippen LogP contribution in [-0.2, 0) is 0 Å². The molecule has 5 heteroatoms. The van der Waals surface area contributed by atoms with Crippen molar-refractivity contribution in [3.8, 4) is 0 Å². The second-order valence-electron chi connectivity index (χ2n) is 12.9. The van der Waals surface area contributed by atoms with Gasteiger partial charge in [0.05, 0.1) is 0 Å². The fourth-order valence-electron chi connectivity index (χ4n) is 7.39. The van der Waals surface area contributed by atoms with Crippen molar-refractivity contribution >= 4 is 29.2 Å². The third-order valence-electron chi connectivity index (χ3n) is 9.22. The Kier molecular flexibility index (Phi) is 16.8. The molecule has 1 aromatic rings. The number of alkyl halides is 1. The molecule has 0 fully saturated rings. The van der Waals surface area contributed by atoms with E-state index >= 15 is 0 Å². The molecule has 0 amide bonds. The number of rotatable bonds is 15. The Balaban J connectivity index is 2.41. The molecule has 282 valence electrons. The van der Waals surface area contributed by atoms with Gasteiger partial charge in [0.1, 0.15) is 0 Å². The second kappa shape index (κ2) is 21.4. The van der Waals surface area contributed by atoms with Crippen molar-refractivity contribution < 1.29 is 21.2 Å². The quantitative estimate of drug-likeness (QED) is 0.0755. The van der Waals surface area contributed by atoms with Gasteiger partial charge in [-0.15, -0.1) is 0 Å². The Morgan fingerprint density at radius 2 is 1.28 bits per heavy atom. The van der Waals surface area contributed by atoms with Gasteiger partial charge in [-0.05, 0) is 6.92 Å². The minimum atomic E-state index is 0.00588. The molecule has 0 N–H and O–H groups in total. The summed E-state index contributed by atoms with van der Waals surface area (Å²) >= 11 is 0.0214. The fourth-order valence-corrected chi connectivity index (χ4v) is 9.02. The topological polar surface area (TPSA) is 9.72 Å². The van der Waals surface area contributed by atoms with Crippen LogP contribution in [0.5, 0.6) is 0 Å². The van der Waals surface area contributed by atoms with Gasteiger partial charge in [-0.2, -0.15) is 0 Å². The third kappa shape index (κ3) is 9.06. The second-order valence-corrected chi connectivity index (χ2v) is 15.4. The summed E-state index contributed by atoms with van der Waals surface area (Å²) in [5.74, 6) is 0. The standard InChI is InChI=1S/C49H60BIN3/c1-11-21-31-40(26-16-6)53-45(29-19-9)43(27-17-7)50-44(28-18-8)46(30-20-10)54(41-32-34-51-35-33-41)48-37-42(36-47(53)49(48)50)52(38(22-12-2)23-13-3)39(24-14-4)25-15-5/h11-12,14,16-34,36-37H,13,15,35H2,1-10H3/q-1/b21-11+,22-12-,24-14-,26-16-,27-17-,28-18-,29-19+,30-20+,38-23+,39-25+,40-31+. The van der Waals surface area contributed by atoms with Crippen LogP contribution >= 0.6 is 0 Å². The van der Waals surface area contributed by atoms with Crippen molar-refractivity contribution in [1.29, 1.82) is 0 Å². The molecule has 0 aromatic heterocycles. The molecule has 3 nitrogen and oxygen atoms in total. The zero-order chi connectivity index (χ0) is 39.0. The predicted octanol–water partition coefficient (Wildman–Crippen LogP) is 10.0. The first-order chi connectivity index (χ1) is 26.4. The predicted molar refractivity (Wildman–Crippen MR) is 239 cm³/mol. The van der Waals surface area contributed by atoms with Gasteiger partial charge in [-0.1, -0.05) is 0 Å². The molecule has 0 aliphatic carbocycles. The zero-order valence-electron chi connectivity index (χ0n) is 34.3. The van der Waals surface area contributed by atoms with Crippen LogP contribution in [0.15, 0.2) is 189 Å². The normalized spacial score (nSPS) is 17.9. The molecule has 1 aromatic carbocycles. The van der Waals surface area contributed by atoms with E-state index in [1.54, 1.807) is 0 Å². The van der Waals surface area contributed by atoms with Crippen molar-refractivity contribution in [2.24, 2.45) is 0 Å². The van der Waals surface area contributed by atoms with E-state index in [0.29, 0.717) is 0 Å². The Morgan fingerprint density at radius 3 is 1.80 bits per heavy atom. The van der Waals surface area contributed by atoms with Crippen molar-refractivity contribution in [2.75, 3.05) is 19.1 Å². The minimum absolute atomic E-state index is 0.00588. The number of allylic oxidation sites excluding steroid dienone is 23. The molecule has 0 saturated carbocycles. The minimum Gasteiger partial charge on any atom is -0.0467 e. The van der Waals surface area contributed by atoms with E-state index in [1.807, 2.05) is 0 Å². The molecule has 0 saturated heterocycles. The van der Waals surface area contributed by atoms with Gasteiger partial charge >= 0.3 is 334 Å². The van der Waals surface area contributed by atoms with Crippen LogP contribution in [0.2, 0.25) is 0 Å². The van der Waals surface area contributed by atoms with Crippen molar-refractivity contribution in [3.05, 3.63) is 189 Å². The van der Waals surface area contributed by atoms with E-state index in [0.717, 1.165) is 40.0 Å². The van der Waals surface area contributed by atoms with Gasteiger partial charge in [0, 0.05) is 0 Å². The van der Waals surface area contributed by atoms with Crippen molar-refractivity contribution in [2.45, 2.75) is 82.1 Å². The Labute approximate surface area is 338 Å². The van der Waals surface area contributed by atoms with Crippen LogP contribution in [0.3, 0.4) is 0 Å². The van der Waals surface area contributed by atoms with Crippen LogP contribution in [0.25, 0.3) is 0 Å². The summed E-state index contributed by atoms with van der Waals surface area (Å²) in [4.78, 5) is 7.49. The summed E-state index contributed by atoms with van der Waals surface area (Å²) in [6.07, 6.45) is 49.1. The average Bonchev–Trinajstić information content (AvgIpc) is 3.17. The van der Waals surface area contributed by atoms with Gasteiger partial charge in [0.25, 0.3) is 0 Å². The van der Waals surface area contributed by atoms with Crippen LogP contribution in [0, 0.1) is 0 Å². The van der Waals surface area contributed by atoms with Gasteiger partial charge in [0.15, 0.2) is 0 Å². The van der Waals surface area contributed by atoms with E-state index in [-0.39, 0.29) is 27.9 Å². The van der Waals surface area contributed by atoms with Crippen LogP contribution in [-0.4, -0.2) is 11.1 Å². The Hall–Kier alpha value is -4.49. The summed E-state index contributed by atoms with van der Waals surface area (Å²) in [6, 6.07) is 4.90. The average molecular weight is 829 g/mol. The summed E-state index contributed by atoms with van der Waals surface area (Å²) < 4.78 is 3.55. The molecule has 0 unspecified atom stereocenters. The molecule has 4 rings (SSSR count). The van der Waals surface area contributed by atoms with Gasteiger partial charge in [-0.25, -0.2) is 0 Å². The van der Waals surface area contributed by atoms with Crippen molar-refractivity contribution in [3.63, 3.8) is 0 Å². The van der Waals surface area contributed by atoms with Gasteiger partial charge in [0.2, 0.25) is 0 Å². The zero-order valence-corrected chi connectivity index (χ0v) is 36.4. The molecule has 54 heavy (non-hydrogen) atoms. The number of nitrogens with zero attached hydrogens (tertiary/aromatic N) is 3. The molecule has 3 aliphatic rings. The number of hydrogen-bond donors (Lipinski definition) is 0. The molecule has 3 heterocycles. The van der Waals surface area contributed by atoms with Crippen molar-refractivity contribution in [1.82, 2.24) is 0 Å². The molecule has 0 radical (unpaired) electrons. The molecule has 0 atom stereocenters. The number of benzene rings is 1. The van der Waals surface area contributed by atoms with E-state index < -0.39 is 0 Å². The summed E-state index contributed by atoms with van der Waals surface area (Å²) in [7, 11) is 0. The molecular weight excluding hydrogens is 768 g/mol. The van der Waals surface area contributed by atoms with E-state index in [9.17, 15) is 0 Å². The summed E-state index contributed by atoms with van der Waals surface area (Å²) in [5, 5.41) is 0. The van der Waals surface area contributed by atoms with E-state index in [2.05, 4.69) is 228 Å². The molecule has 0 bridgehead atoms. The first kappa shape index (κ1) is 42.3. The fraction of sp³-hybridized carbons (Fsp3) is 0.265. The molecule has 0 spiro atoms. The van der Waals surface area contributed by atoms with E-state index in [4.69, 9.17) is 0 Å². The van der Waals surface area contributed by atoms with E-state index in [1.165, 1.54) is 44.9 Å². The summed E-state index contributed by atoms with van der Waals surface area (Å²) in [5.41, 5.74) is 14.4. The van der Waals surface area contributed by atoms with Gasteiger partial charge in [-0.3, -0.25) is 0 Å². The maximum atomic E-state index is 2.54. The Bertz CT molecular complexity index is 1950.